The van der Waals surface area contributed by atoms with Gasteiger partial charge in [0.25, 0.3) is 0 Å². The van der Waals surface area contributed by atoms with Gasteiger partial charge in [-0.25, -0.2) is 9.97 Å². The van der Waals surface area contributed by atoms with Crippen molar-refractivity contribution in [2.75, 3.05) is 5.32 Å². The molecule has 0 aromatic carbocycles. The van der Waals surface area contributed by atoms with Crippen LogP contribution in [0.2, 0.25) is 0 Å². The van der Waals surface area contributed by atoms with Crippen LogP contribution in [-0.2, 0) is 4.79 Å². The molecule has 0 fully saturated rings. The summed E-state index contributed by atoms with van der Waals surface area (Å²) in [7, 11) is 0. The highest BCUT2D eigenvalue weighted by molar-refractivity contribution is 7.17. The van der Waals surface area contributed by atoms with Gasteiger partial charge >= 0.3 is 0 Å². The number of rotatable bonds is 3. The second-order valence-corrected chi connectivity index (χ2v) is 5.88. The number of fused-ring (bicyclic) bond motifs is 1. The zero-order valence-corrected chi connectivity index (χ0v) is 14.0. The number of thiophene rings is 2. The van der Waals surface area contributed by atoms with Gasteiger partial charge < -0.3 is 0 Å². The van der Waals surface area contributed by atoms with Gasteiger partial charge in [-0.3, -0.25) is 14.9 Å². The number of carbonyl (C=O) groups excluding carboxylic acids is 2. The minimum atomic E-state index is -0.269. The molecule has 114 valence electrons. The first kappa shape index (κ1) is 16.3. The molecule has 0 radical (unpaired) electrons. The van der Waals surface area contributed by atoms with Gasteiger partial charge in [0.05, 0.1) is 15.1 Å². The van der Waals surface area contributed by atoms with E-state index >= 15 is 0 Å². The van der Waals surface area contributed by atoms with Crippen LogP contribution in [0, 0.1) is 0 Å². The summed E-state index contributed by atoms with van der Waals surface area (Å²) in [5.41, 5.74) is 0.991. The van der Waals surface area contributed by atoms with E-state index in [1.165, 1.54) is 29.6 Å². The number of aromatic nitrogens is 2. The van der Waals surface area contributed by atoms with Gasteiger partial charge in [0, 0.05) is 6.92 Å². The highest BCUT2D eigenvalue weighted by Gasteiger charge is 2.18. The van der Waals surface area contributed by atoms with Crippen molar-refractivity contribution in [3.63, 3.8) is 0 Å². The Morgan fingerprint density at radius 3 is 2.50 bits per heavy atom. The van der Waals surface area contributed by atoms with Crippen molar-refractivity contribution in [3.8, 4) is 0 Å². The Morgan fingerprint density at radius 2 is 1.86 bits per heavy atom. The van der Waals surface area contributed by atoms with Crippen molar-refractivity contribution in [2.24, 2.45) is 0 Å². The maximum Gasteiger partial charge on any atom is 0.230 e. The monoisotopic (exact) mass is 333 g/mol. The lowest BCUT2D eigenvalue weighted by molar-refractivity contribution is -0.114. The van der Waals surface area contributed by atoms with Crippen LogP contribution in [0.15, 0.2) is 29.0 Å². The maximum absolute atomic E-state index is 12.5. The summed E-state index contributed by atoms with van der Waals surface area (Å²) in [6.07, 6.45) is 0. The van der Waals surface area contributed by atoms with Crippen LogP contribution in [0.5, 0.6) is 0 Å². The van der Waals surface area contributed by atoms with E-state index < -0.39 is 0 Å². The summed E-state index contributed by atoms with van der Waals surface area (Å²) < 4.78 is 0.734. The van der Waals surface area contributed by atoms with Crippen LogP contribution in [0.25, 0.3) is 10.2 Å². The van der Waals surface area contributed by atoms with Gasteiger partial charge in [-0.1, -0.05) is 19.9 Å². The number of hydrogen-bond acceptors (Lipinski definition) is 6. The van der Waals surface area contributed by atoms with Gasteiger partial charge in [-0.15, -0.1) is 22.7 Å². The topological polar surface area (TPSA) is 72.0 Å². The van der Waals surface area contributed by atoms with Crippen molar-refractivity contribution in [3.05, 3.63) is 39.5 Å². The standard InChI is InChI=1S/C13H9N3O2S2.C2H6/c1-7(17)14-13-15-8-4-6-20-12(8)10(16-13)11(18)9-3-2-5-19-9;1-2/h2-6H,1H3,(H,14,15,16,17);1-2H3. The van der Waals surface area contributed by atoms with Crippen LogP contribution >= 0.6 is 22.7 Å². The largest absolute Gasteiger partial charge is 0.295 e. The van der Waals surface area contributed by atoms with Crippen LogP contribution in [-0.4, -0.2) is 21.7 Å². The third-order valence-electron chi connectivity index (χ3n) is 2.55. The van der Waals surface area contributed by atoms with E-state index in [4.69, 9.17) is 0 Å². The Labute approximate surface area is 136 Å². The fraction of sp³-hybridized carbons (Fsp3) is 0.200. The van der Waals surface area contributed by atoms with Crippen molar-refractivity contribution in [1.29, 1.82) is 0 Å². The van der Waals surface area contributed by atoms with Gasteiger partial charge in [0.1, 0.15) is 5.69 Å². The fourth-order valence-electron chi connectivity index (χ4n) is 1.76. The number of hydrogen-bond donors (Lipinski definition) is 1. The van der Waals surface area contributed by atoms with E-state index in [9.17, 15) is 9.59 Å². The molecule has 7 heteroatoms. The number of carbonyl (C=O) groups is 2. The molecule has 0 unspecified atom stereocenters. The minimum Gasteiger partial charge on any atom is -0.295 e. The molecule has 0 aliphatic carbocycles. The van der Waals surface area contributed by atoms with E-state index in [2.05, 4.69) is 15.3 Å². The first-order chi connectivity index (χ1) is 10.6. The highest BCUT2D eigenvalue weighted by Crippen LogP contribution is 2.26. The van der Waals surface area contributed by atoms with Crippen molar-refractivity contribution in [1.82, 2.24) is 9.97 Å². The number of ketones is 1. The zero-order chi connectivity index (χ0) is 16.1. The van der Waals surface area contributed by atoms with Crippen LogP contribution in [0.4, 0.5) is 5.95 Å². The van der Waals surface area contributed by atoms with E-state index in [0.717, 1.165) is 4.70 Å². The zero-order valence-electron chi connectivity index (χ0n) is 12.4. The Morgan fingerprint density at radius 1 is 1.09 bits per heavy atom. The molecule has 0 aliphatic rings. The van der Waals surface area contributed by atoms with Crippen molar-refractivity contribution >= 4 is 50.5 Å². The Kier molecular flexibility index (Phi) is 5.35. The lowest BCUT2D eigenvalue weighted by Crippen LogP contribution is -2.12. The van der Waals surface area contributed by atoms with E-state index in [1.807, 2.05) is 30.7 Å². The molecule has 1 amide bonds. The molecule has 0 atom stereocenters. The second kappa shape index (κ2) is 7.24. The molecule has 3 aromatic heterocycles. The quantitative estimate of drug-likeness (QED) is 0.736. The summed E-state index contributed by atoms with van der Waals surface area (Å²) in [5.74, 6) is -0.265. The smallest absolute Gasteiger partial charge is 0.230 e. The Hall–Kier alpha value is -2.12. The van der Waals surface area contributed by atoms with Gasteiger partial charge in [-0.05, 0) is 22.9 Å². The third kappa shape index (κ3) is 3.37. The van der Waals surface area contributed by atoms with Crippen LogP contribution < -0.4 is 5.32 Å². The molecule has 0 bridgehead atoms. The van der Waals surface area contributed by atoms with Crippen molar-refractivity contribution < 1.29 is 9.59 Å². The third-order valence-corrected chi connectivity index (χ3v) is 4.33. The van der Waals surface area contributed by atoms with Gasteiger partial charge in [0.15, 0.2) is 0 Å². The van der Waals surface area contributed by atoms with E-state index in [1.54, 1.807) is 12.1 Å². The Balaban J connectivity index is 0.000000847. The molecule has 5 nitrogen and oxygen atoms in total. The highest BCUT2D eigenvalue weighted by atomic mass is 32.1. The summed E-state index contributed by atoms with van der Waals surface area (Å²) in [6.45, 7) is 5.38. The van der Waals surface area contributed by atoms with E-state index in [-0.39, 0.29) is 17.6 Å². The predicted molar refractivity (Wildman–Crippen MR) is 90.8 cm³/mol. The molecule has 0 saturated heterocycles. The van der Waals surface area contributed by atoms with Gasteiger partial charge in [0.2, 0.25) is 17.6 Å². The lowest BCUT2D eigenvalue weighted by Gasteiger charge is -2.04. The van der Waals surface area contributed by atoms with Crippen molar-refractivity contribution in [2.45, 2.75) is 20.8 Å². The van der Waals surface area contributed by atoms with E-state index in [0.29, 0.717) is 16.1 Å². The molecule has 3 heterocycles. The molecule has 0 spiro atoms. The molecule has 0 aliphatic heterocycles. The van der Waals surface area contributed by atoms with Gasteiger partial charge in [-0.2, -0.15) is 0 Å². The summed E-state index contributed by atoms with van der Waals surface area (Å²) >= 11 is 2.78. The lowest BCUT2D eigenvalue weighted by atomic mass is 10.2. The number of nitrogens with one attached hydrogen (secondary N) is 1. The molecule has 22 heavy (non-hydrogen) atoms. The summed E-state index contributed by atoms with van der Waals surface area (Å²) in [5, 5.41) is 6.21. The molecule has 3 aromatic rings. The normalized spacial score (nSPS) is 9.95. The van der Waals surface area contributed by atoms with Crippen LogP contribution in [0.1, 0.15) is 36.1 Å². The molecular weight excluding hydrogens is 318 g/mol. The molecule has 0 saturated carbocycles. The fourth-order valence-corrected chi connectivity index (χ4v) is 3.24. The first-order valence-electron chi connectivity index (χ1n) is 6.76. The SMILES string of the molecule is CC.CC(=O)Nc1nc(C(=O)c2cccs2)c2sccc2n1. The summed E-state index contributed by atoms with van der Waals surface area (Å²) in [4.78, 5) is 32.6. The first-order valence-corrected chi connectivity index (χ1v) is 8.52. The molecule has 1 N–H and O–H groups in total. The predicted octanol–water partition coefficient (Wildman–Crippen LogP) is 3.97. The average Bonchev–Trinajstić information content (AvgIpc) is 3.18. The second-order valence-electron chi connectivity index (χ2n) is 4.02. The minimum absolute atomic E-state index is 0.151. The average molecular weight is 333 g/mol. The molecule has 3 rings (SSSR count). The Bertz CT molecular complexity index is 794. The number of anilines is 1. The molecular formula is C15H15N3O2S2. The number of amides is 1. The van der Waals surface area contributed by atoms with Crippen LogP contribution in [0.3, 0.4) is 0 Å². The maximum atomic E-state index is 12.5. The summed E-state index contributed by atoms with van der Waals surface area (Å²) in [6, 6.07) is 5.38. The number of nitrogens with zero attached hydrogens (tertiary/aromatic N) is 2.